The van der Waals surface area contributed by atoms with Gasteiger partial charge in [-0.1, -0.05) is 66.2 Å². The molecule has 0 saturated carbocycles. The summed E-state index contributed by atoms with van der Waals surface area (Å²) in [6.45, 7) is 10.5. The van der Waals surface area contributed by atoms with Crippen molar-refractivity contribution in [2.45, 2.75) is 79.1 Å². The Labute approximate surface area is 131 Å². The monoisotopic (exact) mass is 303 g/mol. The lowest BCUT2D eigenvalue weighted by Gasteiger charge is -2.28. The quantitative estimate of drug-likeness (QED) is 0.316. The summed E-state index contributed by atoms with van der Waals surface area (Å²) < 4.78 is 0. The predicted molar refractivity (Wildman–Crippen MR) is 89.4 cm³/mol. The lowest BCUT2D eigenvalue weighted by Crippen LogP contribution is -2.35. The van der Waals surface area contributed by atoms with E-state index in [0.717, 1.165) is 25.9 Å². The number of hydrogen-bond acceptors (Lipinski definition) is 1. The zero-order chi connectivity index (χ0) is 15.4. The van der Waals surface area contributed by atoms with Crippen molar-refractivity contribution in [3.63, 3.8) is 0 Å². The third-order valence-corrected chi connectivity index (χ3v) is 4.53. The van der Waals surface area contributed by atoms with Crippen molar-refractivity contribution in [1.29, 1.82) is 0 Å². The number of rotatable bonds is 12. The minimum absolute atomic E-state index is 0.269. The number of nitrogens with zero attached hydrogens (tertiary/aromatic N) is 1. The molecule has 0 aromatic rings. The van der Waals surface area contributed by atoms with E-state index in [2.05, 4.69) is 27.7 Å². The van der Waals surface area contributed by atoms with Crippen molar-refractivity contribution in [2.24, 2.45) is 11.8 Å². The van der Waals surface area contributed by atoms with E-state index in [4.69, 9.17) is 11.6 Å². The molecule has 0 N–H and O–H groups in total. The van der Waals surface area contributed by atoms with Gasteiger partial charge in [-0.3, -0.25) is 4.79 Å². The van der Waals surface area contributed by atoms with Crippen molar-refractivity contribution in [2.75, 3.05) is 13.1 Å². The Hall–Kier alpha value is -0.240. The molecule has 0 saturated heterocycles. The van der Waals surface area contributed by atoms with E-state index < -0.39 is 0 Å². The SMILES string of the molecule is CCCCC(CC)CN(CC(CC)CCCC)C(=O)Cl. The first-order valence-corrected chi connectivity index (χ1v) is 8.91. The van der Waals surface area contributed by atoms with Gasteiger partial charge in [0.05, 0.1) is 0 Å². The van der Waals surface area contributed by atoms with Gasteiger partial charge in [0.2, 0.25) is 0 Å². The maximum absolute atomic E-state index is 11.7. The second-order valence-electron chi connectivity index (χ2n) is 5.99. The number of carbonyl (C=O) groups is 1. The molecule has 0 spiro atoms. The van der Waals surface area contributed by atoms with Gasteiger partial charge in [0.15, 0.2) is 0 Å². The smallest absolute Gasteiger partial charge is 0.316 e. The summed E-state index contributed by atoms with van der Waals surface area (Å²) >= 11 is 5.80. The van der Waals surface area contributed by atoms with Crippen LogP contribution in [0.15, 0.2) is 0 Å². The maximum atomic E-state index is 11.7. The van der Waals surface area contributed by atoms with Gasteiger partial charge in [-0.25, -0.2) is 0 Å². The molecule has 0 radical (unpaired) electrons. The molecule has 0 aliphatic carbocycles. The summed E-state index contributed by atoms with van der Waals surface area (Å²) in [6.07, 6.45) is 9.61. The molecule has 20 heavy (non-hydrogen) atoms. The number of unbranched alkanes of at least 4 members (excludes halogenated alkanes) is 2. The Morgan fingerprint density at radius 1 is 0.900 bits per heavy atom. The van der Waals surface area contributed by atoms with Crippen LogP contribution in [0.5, 0.6) is 0 Å². The Morgan fingerprint density at radius 3 is 1.55 bits per heavy atom. The van der Waals surface area contributed by atoms with Crippen molar-refractivity contribution in [3.8, 4) is 0 Å². The minimum Gasteiger partial charge on any atom is -0.329 e. The van der Waals surface area contributed by atoms with Crippen LogP contribution < -0.4 is 0 Å². The average Bonchev–Trinajstić information content (AvgIpc) is 2.45. The molecule has 2 nitrogen and oxygen atoms in total. The first-order chi connectivity index (χ1) is 9.58. The molecule has 1 amide bonds. The Morgan fingerprint density at radius 2 is 1.30 bits per heavy atom. The van der Waals surface area contributed by atoms with Crippen molar-refractivity contribution in [3.05, 3.63) is 0 Å². The molecule has 0 aromatic carbocycles. The van der Waals surface area contributed by atoms with Crippen LogP contribution in [0.4, 0.5) is 4.79 Å². The largest absolute Gasteiger partial charge is 0.329 e. The lowest BCUT2D eigenvalue weighted by atomic mass is 9.96. The van der Waals surface area contributed by atoms with E-state index in [1.807, 2.05) is 4.90 Å². The molecule has 2 atom stereocenters. The van der Waals surface area contributed by atoms with Crippen LogP contribution in [-0.4, -0.2) is 23.4 Å². The van der Waals surface area contributed by atoms with Gasteiger partial charge >= 0.3 is 5.37 Å². The first kappa shape index (κ1) is 19.8. The number of halogens is 1. The van der Waals surface area contributed by atoms with Gasteiger partial charge < -0.3 is 4.90 Å². The normalized spacial score (nSPS) is 14.1. The van der Waals surface area contributed by atoms with E-state index in [1.165, 1.54) is 38.5 Å². The van der Waals surface area contributed by atoms with Crippen molar-refractivity contribution in [1.82, 2.24) is 4.90 Å². The molecule has 2 unspecified atom stereocenters. The van der Waals surface area contributed by atoms with E-state index in [0.29, 0.717) is 11.8 Å². The highest BCUT2D eigenvalue weighted by atomic mass is 35.5. The summed E-state index contributed by atoms with van der Waals surface area (Å²) in [5.41, 5.74) is 0. The Balaban J connectivity index is 4.41. The molecule has 0 fully saturated rings. The van der Waals surface area contributed by atoms with Gasteiger partial charge in [0, 0.05) is 13.1 Å². The third-order valence-electron chi connectivity index (χ3n) is 4.29. The fraction of sp³-hybridized carbons (Fsp3) is 0.941. The lowest BCUT2D eigenvalue weighted by molar-refractivity contribution is 0.189. The molecular formula is C17H34ClNO. The van der Waals surface area contributed by atoms with E-state index in [-0.39, 0.29) is 5.37 Å². The summed E-state index contributed by atoms with van der Waals surface area (Å²) in [7, 11) is 0. The molecule has 0 rings (SSSR count). The average molecular weight is 304 g/mol. The number of amides is 1. The summed E-state index contributed by atoms with van der Waals surface area (Å²) in [5, 5.41) is -0.269. The summed E-state index contributed by atoms with van der Waals surface area (Å²) in [5.74, 6) is 1.20. The van der Waals surface area contributed by atoms with Gasteiger partial charge in [-0.15, -0.1) is 0 Å². The Bertz CT molecular complexity index is 227. The first-order valence-electron chi connectivity index (χ1n) is 8.53. The van der Waals surface area contributed by atoms with E-state index in [1.54, 1.807) is 0 Å². The van der Waals surface area contributed by atoms with Crippen molar-refractivity contribution < 1.29 is 4.79 Å². The van der Waals surface area contributed by atoms with E-state index in [9.17, 15) is 4.79 Å². The number of carbonyl (C=O) groups excluding carboxylic acids is 1. The molecular weight excluding hydrogens is 270 g/mol. The minimum atomic E-state index is -0.269. The van der Waals surface area contributed by atoms with Gasteiger partial charge in [-0.05, 0) is 36.3 Å². The second-order valence-corrected chi connectivity index (χ2v) is 6.31. The topological polar surface area (TPSA) is 20.3 Å². The molecule has 0 heterocycles. The maximum Gasteiger partial charge on any atom is 0.316 e. The second kappa shape index (κ2) is 12.5. The number of hydrogen-bond donors (Lipinski definition) is 0. The highest BCUT2D eigenvalue weighted by Crippen LogP contribution is 2.19. The highest BCUT2D eigenvalue weighted by molar-refractivity contribution is 6.62. The third kappa shape index (κ3) is 8.84. The summed E-state index contributed by atoms with van der Waals surface area (Å²) in [6, 6.07) is 0. The molecule has 0 aromatic heterocycles. The summed E-state index contributed by atoms with van der Waals surface area (Å²) in [4.78, 5) is 13.6. The fourth-order valence-electron chi connectivity index (χ4n) is 2.68. The van der Waals surface area contributed by atoms with Crippen LogP contribution >= 0.6 is 11.6 Å². The van der Waals surface area contributed by atoms with Crippen LogP contribution in [0, 0.1) is 11.8 Å². The predicted octanol–water partition coefficient (Wildman–Crippen LogP) is 6.08. The molecule has 120 valence electrons. The standard InChI is InChI=1S/C17H34ClNO/c1-5-9-11-15(7-3)13-19(17(18)20)14-16(8-4)12-10-6-2/h15-16H,5-14H2,1-4H3. The zero-order valence-electron chi connectivity index (χ0n) is 14.0. The van der Waals surface area contributed by atoms with Crippen LogP contribution in [0.25, 0.3) is 0 Å². The van der Waals surface area contributed by atoms with Crippen LogP contribution in [0.2, 0.25) is 0 Å². The van der Waals surface area contributed by atoms with Crippen LogP contribution in [-0.2, 0) is 0 Å². The van der Waals surface area contributed by atoms with Gasteiger partial charge in [0.1, 0.15) is 0 Å². The molecule has 3 heteroatoms. The van der Waals surface area contributed by atoms with Crippen LogP contribution in [0.1, 0.15) is 79.1 Å². The Kier molecular flexibility index (Phi) is 12.3. The van der Waals surface area contributed by atoms with Crippen molar-refractivity contribution >= 4 is 17.0 Å². The van der Waals surface area contributed by atoms with Gasteiger partial charge in [0.25, 0.3) is 0 Å². The fourth-order valence-corrected chi connectivity index (χ4v) is 2.81. The molecule has 0 aliphatic heterocycles. The highest BCUT2D eigenvalue weighted by Gasteiger charge is 2.19. The van der Waals surface area contributed by atoms with Gasteiger partial charge in [-0.2, -0.15) is 0 Å². The van der Waals surface area contributed by atoms with Crippen LogP contribution in [0.3, 0.4) is 0 Å². The molecule has 0 aliphatic rings. The zero-order valence-corrected chi connectivity index (χ0v) is 14.7. The molecule has 0 bridgehead atoms. The van der Waals surface area contributed by atoms with E-state index >= 15 is 0 Å².